The maximum Gasteiger partial charge on any atom is 0.252 e. The Morgan fingerprint density at radius 2 is 1.94 bits per heavy atom. The van der Waals surface area contributed by atoms with Gasteiger partial charge in [0.2, 0.25) is 0 Å². The normalized spacial score (nSPS) is 16.5. The summed E-state index contributed by atoms with van der Waals surface area (Å²) in [5, 5.41) is 3.56. The number of hydrogen-bond donors (Lipinski definition) is 2. The summed E-state index contributed by atoms with van der Waals surface area (Å²) in [6.07, 6.45) is 4.03. The summed E-state index contributed by atoms with van der Waals surface area (Å²) < 4.78 is 33.9. The lowest BCUT2D eigenvalue weighted by Crippen LogP contribution is -2.47. The van der Waals surface area contributed by atoms with Gasteiger partial charge in [-0.3, -0.25) is 14.7 Å². The van der Waals surface area contributed by atoms with Crippen LogP contribution in [-0.2, 0) is 0 Å². The fourth-order valence-electron chi connectivity index (χ4n) is 4.61. The largest absolute Gasteiger partial charge is 0.492 e. The van der Waals surface area contributed by atoms with Crippen molar-refractivity contribution in [3.8, 4) is 5.75 Å². The molecule has 0 atom stereocenters. The Hall–Kier alpha value is -3.46. The number of carbonyl (C=O) groups is 1. The lowest BCUT2D eigenvalue weighted by molar-refractivity contribution is 0.100. The quantitative estimate of drug-likeness (QED) is 0.500. The molecule has 5 rings (SSSR count). The molecule has 35 heavy (non-hydrogen) atoms. The molecule has 1 saturated heterocycles. The Morgan fingerprint density at radius 1 is 1.17 bits per heavy atom. The zero-order valence-corrected chi connectivity index (χ0v) is 19.7. The van der Waals surface area contributed by atoms with Crippen molar-refractivity contribution in [2.45, 2.75) is 19.8 Å². The van der Waals surface area contributed by atoms with Gasteiger partial charge in [-0.1, -0.05) is 0 Å². The molecule has 3 N–H and O–H groups in total. The molecule has 2 fully saturated rings. The van der Waals surface area contributed by atoms with Crippen LogP contribution in [0, 0.1) is 17.6 Å². The number of halogens is 2. The van der Waals surface area contributed by atoms with E-state index in [2.05, 4.69) is 20.1 Å². The van der Waals surface area contributed by atoms with Crippen LogP contribution in [0.25, 0.3) is 10.9 Å². The summed E-state index contributed by atoms with van der Waals surface area (Å²) in [6, 6.07) is 6.98. The van der Waals surface area contributed by atoms with Crippen LogP contribution in [0.1, 0.15) is 30.1 Å². The standard InChI is InChI=1S/C26H29F2N5O2/c1-2-35-24-13-22-18(12-23(24)33-9-7-32(8-10-33)15-16-3-4-16)25(19(14-30-22)26(29)34)31-21-6-5-17(27)11-20(21)28/h5-6,11-14,16H,2-4,7-10,15H2,1H3,(H2,29,34)(H,30,31). The number of carbonyl (C=O) groups excluding carboxylic acids is 1. The molecular formula is C26H29F2N5O2. The number of rotatable bonds is 8. The van der Waals surface area contributed by atoms with Gasteiger partial charge in [-0.05, 0) is 43.9 Å². The smallest absolute Gasteiger partial charge is 0.252 e. The van der Waals surface area contributed by atoms with Crippen molar-refractivity contribution in [3.05, 3.63) is 53.7 Å². The molecule has 2 aliphatic rings. The van der Waals surface area contributed by atoms with Gasteiger partial charge in [0.15, 0.2) is 0 Å². The number of amides is 1. The average molecular weight is 482 g/mol. The SMILES string of the molecule is CCOc1cc2ncc(C(N)=O)c(Nc3ccc(F)cc3F)c2cc1N1CCN(CC2CC2)CC1. The fourth-order valence-corrected chi connectivity index (χ4v) is 4.61. The molecule has 2 heterocycles. The molecule has 0 spiro atoms. The molecule has 7 nitrogen and oxygen atoms in total. The van der Waals surface area contributed by atoms with Gasteiger partial charge in [0.25, 0.3) is 5.91 Å². The van der Waals surface area contributed by atoms with Crippen molar-refractivity contribution in [1.82, 2.24) is 9.88 Å². The van der Waals surface area contributed by atoms with Gasteiger partial charge in [-0.2, -0.15) is 0 Å². The number of aromatic nitrogens is 1. The Kier molecular flexibility index (Phi) is 6.42. The zero-order chi connectivity index (χ0) is 24.5. The van der Waals surface area contributed by atoms with Crippen LogP contribution in [0.3, 0.4) is 0 Å². The highest BCUT2D eigenvalue weighted by molar-refractivity contribution is 6.08. The maximum absolute atomic E-state index is 14.5. The number of primary amides is 1. The molecule has 1 aliphatic heterocycles. The third-order valence-electron chi connectivity index (χ3n) is 6.63. The Bertz CT molecular complexity index is 1260. The van der Waals surface area contributed by atoms with Crippen LogP contribution in [0.2, 0.25) is 0 Å². The topological polar surface area (TPSA) is 83.7 Å². The summed E-state index contributed by atoms with van der Waals surface area (Å²) >= 11 is 0. The molecule has 2 aromatic carbocycles. The number of fused-ring (bicyclic) bond motifs is 1. The molecule has 0 bridgehead atoms. The minimum absolute atomic E-state index is 0.0329. The summed E-state index contributed by atoms with van der Waals surface area (Å²) in [6.45, 7) is 7.19. The van der Waals surface area contributed by atoms with Crippen LogP contribution in [0.4, 0.5) is 25.8 Å². The van der Waals surface area contributed by atoms with E-state index >= 15 is 0 Å². The molecule has 1 saturated carbocycles. The van der Waals surface area contributed by atoms with Crippen LogP contribution in [0.15, 0.2) is 36.5 Å². The van der Waals surface area contributed by atoms with Crippen LogP contribution in [-0.4, -0.2) is 55.1 Å². The number of nitrogens with two attached hydrogens (primary N) is 1. The maximum atomic E-state index is 14.5. The molecule has 0 radical (unpaired) electrons. The lowest BCUT2D eigenvalue weighted by Gasteiger charge is -2.37. The number of nitrogens with one attached hydrogen (secondary N) is 1. The van der Waals surface area contributed by atoms with Gasteiger partial charge in [0, 0.05) is 56.4 Å². The van der Waals surface area contributed by atoms with Gasteiger partial charge < -0.3 is 20.7 Å². The second-order valence-electron chi connectivity index (χ2n) is 9.16. The molecule has 1 amide bonds. The molecule has 1 aromatic heterocycles. The monoisotopic (exact) mass is 481 g/mol. The minimum atomic E-state index is -0.775. The number of piperazine rings is 1. The van der Waals surface area contributed by atoms with E-state index in [-0.39, 0.29) is 11.3 Å². The van der Waals surface area contributed by atoms with Gasteiger partial charge in [0.1, 0.15) is 17.4 Å². The van der Waals surface area contributed by atoms with E-state index in [4.69, 9.17) is 10.5 Å². The molecule has 0 unspecified atom stereocenters. The van der Waals surface area contributed by atoms with E-state index in [0.29, 0.717) is 28.9 Å². The van der Waals surface area contributed by atoms with Crippen LogP contribution in [0.5, 0.6) is 5.75 Å². The second kappa shape index (κ2) is 9.65. The summed E-state index contributed by atoms with van der Waals surface area (Å²) in [5.41, 5.74) is 7.55. The van der Waals surface area contributed by atoms with Crippen molar-refractivity contribution in [3.63, 3.8) is 0 Å². The highest BCUT2D eigenvalue weighted by atomic mass is 19.1. The second-order valence-corrected chi connectivity index (χ2v) is 9.16. The van der Waals surface area contributed by atoms with E-state index in [1.807, 2.05) is 19.1 Å². The average Bonchev–Trinajstić information content (AvgIpc) is 3.65. The third kappa shape index (κ3) is 5.00. The first-order chi connectivity index (χ1) is 16.9. The number of anilines is 3. The van der Waals surface area contributed by atoms with Gasteiger partial charge in [0.05, 0.1) is 34.7 Å². The molecule has 9 heteroatoms. The number of hydrogen-bond acceptors (Lipinski definition) is 6. The molecular weight excluding hydrogens is 452 g/mol. The summed E-state index contributed by atoms with van der Waals surface area (Å²) in [5.74, 6) is -0.613. The van der Waals surface area contributed by atoms with Gasteiger partial charge in [-0.15, -0.1) is 0 Å². The number of ether oxygens (including phenoxy) is 1. The lowest BCUT2D eigenvalue weighted by atomic mass is 10.1. The van der Waals surface area contributed by atoms with Crippen LogP contribution >= 0.6 is 0 Å². The number of nitrogens with zero attached hydrogens (tertiary/aromatic N) is 3. The molecule has 1 aliphatic carbocycles. The third-order valence-corrected chi connectivity index (χ3v) is 6.63. The Morgan fingerprint density at radius 3 is 2.60 bits per heavy atom. The van der Waals surface area contributed by atoms with Crippen LogP contribution < -0.4 is 20.7 Å². The van der Waals surface area contributed by atoms with E-state index in [1.54, 1.807) is 0 Å². The van der Waals surface area contributed by atoms with Gasteiger partial charge >= 0.3 is 0 Å². The van der Waals surface area contributed by atoms with Crippen molar-refractivity contribution in [2.75, 3.05) is 49.5 Å². The van der Waals surface area contributed by atoms with E-state index < -0.39 is 17.5 Å². The predicted octanol–water partition coefficient (Wildman–Crippen LogP) is 4.29. The Labute approximate surface area is 202 Å². The molecule has 3 aromatic rings. The van der Waals surface area contributed by atoms with Crippen molar-refractivity contribution in [2.24, 2.45) is 11.7 Å². The first-order valence-corrected chi connectivity index (χ1v) is 12.0. The minimum Gasteiger partial charge on any atom is -0.492 e. The van der Waals surface area contributed by atoms with Crippen molar-refractivity contribution in [1.29, 1.82) is 0 Å². The fraction of sp³-hybridized carbons (Fsp3) is 0.385. The van der Waals surface area contributed by atoms with E-state index in [0.717, 1.165) is 56.5 Å². The first kappa shape index (κ1) is 23.3. The van der Waals surface area contributed by atoms with E-state index in [9.17, 15) is 13.6 Å². The van der Waals surface area contributed by atoms with Gasteiger partial charge in [-0.25, -0.2) is 8.78 Å². The number of benzene rings is 2. The van der Waals surface area contributed by atoms with Crippen molar-refractivity contribution >= 4 is 33.9 Å². The zero-order valence-electron chi connectivity index (χ0n) is 19.7. The summed E-state index contributed by atoms with van der Waals surface area (Å²) in [4.78, 5) is 21.4. The molecule has 184 valence electrons. The predicted molar refractivity (Wildman–Crippen MR) is 132 cm³/mol. The number of pyridine rings is 1. The summed E-state index contributed by atoms with van der Waals surface area (Å²) in [7, 11) is 0. The van der Waals surface area contributed by atoms with Crippen molar-refractivity contribution < 1.29 is 18.3 Å². The highest BCUT2D eigenvalue weighted by Crippen LogP contribution is 2.39. The first-order valence-electron chi connectivity index (χ1n) is 12.0. The highest BCUT2D eigenvalue weighted by Gasteiger charge is 2.28. The Balaban J connectivity index is 1.55. The van der Waals surface area contributed by atoms with E-state index in [1.165, 1.54) is 25.1 Å².